The third-order valence-corrected chi connectivity index (χ3v) is 3.43. The summed E-state index contributed by atoms with van der Waals surface area (Å²) in [5.74, 6) is 0.921. The van der Waals surface area contributed by atoms with Gasteiger partial charge in [0, 0.05) is 13.1 Å². The number of benzene rings is 3. The summed E-state index contributed by atoms with van der Waals surface area (Å²) >= 11 is 0. The van der Waals surface area contributed by atoms with Gasteiger partial charge < -0.3 is 10.1 Å². The Hall–Kier alpha value is -2.32. The van der Waals surface area contributed by atoms with Gasteiger partial charge in [0.25, 0.3) is 0 Å². The first kappa shape index (κ1) is 13.7. The average Bonchev–Trinajstić information content (AvgIpc) is 2.55. The van der Waals surface area contributed by atoms with Gasteiger partial charge in [-0.1, -0.05) is 54.6 Å². The predicted octanol–water partition coefficient (Wildman–Crippen LogP) is 4.01. The lowest BCUT2D eigenvalue weighted by Gasteiger charge is -2.08. The van der Waals surface area contributed by atoms with Crippen LogP contribution in [0.5, 0.6) is 5.75 Å². The van der Waals surface area contributed by atoms with Crippen molar-refractivity contribution < 1.29 is 4.74 Å². The molecule has 0 saturated carbocycles. The molecule has 1 N–H and O–H groups in total. The Morgan fingerprint density at radius 1 is 0.762 bits per heavy atom. The number of hydrogen-bond donors (Lipinski definition) is 1. The lowest BCUT2D eigenvalue weighted by molar-refractivity contribution is 0.313. The van der Waals surface area contributed by atoms with Crippen LogP contribution in [0.25, 0.3) is 10.8 Å². The van der Waals surface area contributed by atoms with Crippen molar-refractivity contribution in [1.29, 1.82) is 0 Å². The Kier molecular flexibility index (Phi) is 4.49. The topological polar surface area (TPSA) is 21.3 Å². The quantitative estimate of drug-likeness (QED) is 0.687. The third-order valence-electron chi connectivity index (χ3n) is 3.43. The molecule has 3 aromatic carbocycles. The van der Waals surface area contributed by atoms with Crippen LogP contribution in [0.2, 0.25) is 0 Å². The summed E-state index contributed by atoms with van der Waals surface area (Å²) in [6, 6.07) is 24.9. The Morgan fingerprint density at radius 2 is 1.52 bits per heavy atom. The smallest absolute Gasteiger partial charge is 0.119 e. The van der Waals surface area contributed by atoms with E-state index in [1.54, 1.807) is 0 Å². The van der Waals surface area contributed by atoms with Crippen LogP contribution in [0.4, 0.5) is 0 Å². The van der Waals surface area contributed by atoms with Crippen LogP contribution in [0, 0.1) is 0 Å². The molecule has 0 amide bonds. The Morgan fingerprint density at radius 3 is 2.38 bits per heavy atom. The van der Waals surface area contributed by atoms with Crippen LogP contribution in [-0.2, 0) is 6.54 Å². The fourth-order valence-corrected chi connectivity index (χ4v) is 2.34. The van der Waals surface area contributed by atoms with E-state index in [1.165, 1.54) is 16.3 Å². The molecule has 0 saturated heterocycles. The van der Waals surface area contributed by atoms with Gasteiger partial charge in [-0.2, -0.15) is 0 Å². The van der Waals surface area contributed by atoms with E-state index in [0.29, 0.717) is 6.61 Å². The van der Waals surface area contributed by atoms with Crippen molar-refractivity contribution >= 4 is 10.8 Å². The Balaban J connectivity index is 1.46. The summed E-state index contributed by atoms with van der Waals surface area (Å²) < 4.78 is 5.65. The van der Waals surface area contributed by atoms with Crippen molar-refractivity contribution in [2.45, 2.75) is 6.54 Å². The minimum Gasteiger partial charge on any atom is -0.492 e. The summed E-state index contributed by atoms with van der Waals surface area (Å²) in [7, 11) is 0. The molecule has 0 fully saturated rings. The molecule has 0 aromatic heterocycles. The molecular formula is C19H19NO. The second-order valence-corrected chi connectivity index (χ2v) is 5.02. The van der Waals surface area contributed by atoms with Gasteiger partial charge in [0.05, 0.1) is 0 Å². The summed E-state index contributed by atoms with van der Waals surface area (Å²) in [5, 5.41) is 5.99. The minimum absolute atomic E-state index is 0.678. The number of rotatable bonds is 6. The van der Waals surface area contributed by atoms with E-state index in [9.17, 15) is 0 Å². The fraction of sp³-hybridized carbons (Fsp3) is 0.158. The van der Waals surface area contributed by atoms with Gasteiger partial charge in [-0.25, -0.2) is 0 Å². The van der Waals surface area contributed by atoms with Gasteiger partial charge in [0.2, 0.25) is 0 Å². The molecule has 0 heterocycles. The van der Waals surface area contributed by atoms with Crippen molar-refractivity contribution in [1.82, 2.24) is 5.32 Å². The summed E-state index contributed by atoms with van der Waals surface area (Å²) in [6.07, 6.45) is 0. The third kappa shape index (κ3) is 3.83. The molecule has 2 heteroatoms. The Labute approximate surface area is 125 Å². The van der Waals surface area contributed by atoms with Crippen molar-refractivity contribution in [3.63, 3.8) is 0 Å². The Bertz CT molecular complexity index is 694. The first-order valence-corrected chi connectivity index (χ1v) is 7.28. The molecule has 3 aromatic rings. The first-order valence-electron chi connectivity index (χ1n) is 7.28. The average molecular weight is 277 g/mol. The summed E-state index contributed by atoms with van der Waals surface area (Å²) in [6.45, 7) is 2.38. The van der Waals surface area contributed by atoms with Gasteiger partial charge in [-0.15, -0.1) is 0 Å². The zero-order chi connectivity index (χ0) is 14.3. The summed E-state index contributed by atoms with van der Waals surface area (Å²) in [5.41, 5.74) is 1.30. The van der Waals surface area contributed by atoms with Crippen LogP contribution < -0.4 is 10.1 Å². The first-order chi connectivity index (χ1) is 10.4. The van der Waals surface area contributed by atoms with Gasteiger partial charge in [-0.05, 0) is 34.5 Å². The van der Waals surface area contributed by atoms with Gasteiger partial charge in [-0.3, -0.25) is 0 Å². The molecule has 0 atom stereocenters. The molecule has 0 aliphatic carbocycles. The highest BCUT2D eigenvalue weighted by atomic mass is 16.5. The molecule has 106 valence electrons. The van der Waals surface area contributed by atoms with E-state index in [1.807, 2.05) is 30.3 Å². The zero-order valence-corrected chi connectivity index (χ0v) is 12.0. The lowest BCUT2D eigenvalue weighted by Crippen LogP contribution is -2.20. The van der Waals surface area contributed by atoms with E-state index in [2.05, 4.69) is 47.8 Å². The number of nitrogens with one attached hydrogen (secondary N) is 1. The molecule has 0 spiro atoms. The number of para-hydroxylation sites is 1. The predicted molar refractivity (Wildman–Crippen MR) is 87.6 cm³/mol. The number of hydrogen-bond acceptors (Lipinski definition) is 2. The van der Waals surface area contributed by atoms with Gasteiger partial charge in [0.15, 0.2) is 0 Å². The molecule has 21 heavy (non-hydrogen) atoms. The van der Waals surface area contributed by atoms with Crippen LogP contribution in [0.1, 0.15) is 5.56 Å². The molecule has 0 bridgehead atoms. The van der Waals surface area contributed by atoms with Crippen LogP contribution >= 0.6 is 0 Å². The lowest BCUT2D eigenvalue weighted by atomic mass is 10.1. The zero-order valence-electron chi connectivity index (χ0n) is 12.0. The monoisotopic (exact) mass is 277 g/mol. The van der Waals surface area contributed by atoms with E-state index in [4.69, 9.17) is 4.74 Å². The van der Waals surface area contributed by atoms with Crippen LogP contribution in [0.15, 0.2) is 72.8 Å². The normalized spacial score (nSPS) is 10.7. The van der Waals surface area contributed by atoms with Gasteiger partial charge in [0.1, 0.15) is 12.4 Å². The van der Waals surface area contributed by atoms with Gasteiger partial charge >= 0.3 is 0 Å². The molecular weight excluding hydrogens is 258 g/mol. The number of ether oxygens (including phenoxy) is 1. The molecule has 0 aliphatic heterocycles. The maximum atomic E-state index is 5.65. The van der Waals surface area contributed by atoms with Crippen molar-refractivity contribution in [3.8, 4) is 5.75 Å². The number of fused-ring (bicyclic) bond motifs is 1. The highest BCUT2D eigenvalue weighted by Gasteiger charge is 1.96. The second-order valence-electron chi connectivity index (χ2n) is 5.02. The standard InChI is InChI=1S/C19H19NO/c1-2-8-19(9-3-1)21-13-12-20-15-16-10-11-17-6-4-5-7-18(17)14-16/h1-11,14,20H,12-13,15H2. The molecule has 3 rings (SSSR count). The van der Waals surface area contributed by atoms with E-state index in [0.717, 1.165) is 18.8 Å². The van der Waals surface area contributed by atoms with Crippen LogP contribution in [0.3, 0.4) is 0 Å². The maximum absolute atomic E-state index is 5.65. The van der Waals surface area contributed by atoms with E-state index in [-0.39, 0.29) is 0 Å². The van der Waals surface area contributed by atoms with Crippen LogP contribution in [-0.4, -0.2) is 13.2 Å². The van der Waals surface area contributed by atoms with Crippen molar-refractivity contribution in [3.05, 3.63) is 78.4 Å². The summed E-state index contributed by atoms with van der Waals surface area (Å²) in [4.78, 5) is 0. The fourth-order valence-electron chi connectivity index (χ4n) is 2.34. The largest absolute Gasteiger partial charge is 0.492 e. The molecule has 2 nitrogen and oxygen atoms in total. The highest BCUT2D eigenvalue weighted by molar-refractivity contribution is 5.82. The van der Waals surface area contributed by atoms with Crippen molar-refractivity contribution in [2.24, 2.45) is 0 Å². The van der Waals surface area contributed by atoms with E-state index >= 15 is 0 Å². The molecule has 0 radical (unpaired) electrons. The molecule has 0 aliphatic rings. The SMILES string of the molecule is c1ccc(OCCNCc2ccc3ccccc3c2)cc1. The maximum Gasteiger partial charge on any atom is 0.119 e. The minimum atomic E-state index is 0.678. The van der Waals surface area contributed by atoms with E-state index < -0.39 is 0 Å². The van der Waals surface area contributed by atoms with Crippen molar-refractivity contribution in [2.75, 3.05) is 13.2 Å². The highest BCUT2D eigenvalue weighted by Crippen LogP contribution is 2.15. The second kappa shape index (κ2) is 6.91. The molecule has 0 unspecified atom stereocenters.